The molecule has 1 heterocycles. The zero-order valence-corrected chi connectivity index (χ0v) is 59.0. The minimum atomic E-state index is -1.57. The summed E-state index contributed by atoms with van der Waals surface area (Å²) in [7, 11) is 0. The molecule has 9 heteroatoms. The van der Waals surface area contributed by atoms with Crippen molar-refractivity contribution in [3.63, 3.8) is 0 Å². The fourth-order valence-corrected chi connectivity index (χ4v) is 12.7. The average Bonchev–Trinajstić information content (AvgIpc) is 2.28. The molecule has 0 saturated carbocycles. The van der Waals surface area contributed by atoms with Crippen LogP contribution in [0.1, 0.15) is 399 Å². The van der Waals surface area contributed by atoms with Gasteiger partial charge in [0.15, 0.2) is 6.29 Å². The first-order chi connectivity index (χ1) is 43.8. The predicted octanol–water partition coefficient (Wildman–Crippen LogP) is 22.3. The Balaban J connectivity index is 2.08. The van der Waals surface area contributed by atoms with E-state index in [0.717, 1.165) is 44.9 Å². The molecule has 524 valence electrons. The van der Waals surface area contributed by atoms with Crippen LogP contribution in [0.3, 0.4) is 0 Å². The molecule has 0 spiro atoms. The van der Waals surface area contributed by atoms with Crippen LogP contribution in [0, 0.1) is 0 Å². The fraction of sp³-hybridized carbons (Fsp3) is 0.887. The minimum absolute atomic E-state index is 0.178. The van der Waals surface area contributed by atoms with Crippen LogP contribution in [-0.2, 0) is 14.3 Å². The van der Waals surface area contributed by atoms with Crippen molar-refractivity contribution in [3.8, 4) is 0 Å². The molecule has 1 fully saturated rings. The Labute approximate surface area is 552 Å². The van der Waals surface area contributed by atoms with Gasteiger partial charge in [-0.2, -0.15) is 0 Å². The van der Waals surface area contributed by atoms with Crippen molar-refractivity contribution in [2.45, 2.75) is 442 Å². The molecule has 0 aromatic heterocycles. The summed E-state index contributed by atoms with van der Waals surface area (Å²) >= 11 is 0. The summed E-state index contributed by atoms with van der Waals surface area (Å²) < 4.78 is 11.3. The third kappa shape index (κ3) is 57.3. The summed E-state index contributed by atoms with van der Waals surface area (Å²) in [5.74, 6) is -0.178. The van der Waals surface area contributed by atoms with Crippen LogP contribution in [0.15, 0.2) is 48.6 Å². The molecular weight excluding hydrogens is 1100 g/mol. The van der Waals surface area contributed by atoms with Crippen molar-refractivity contribution in [3.05, 3.63) is 48.6 Å². The molecule has 0 aromatic rings. The van der Waals surface area contributed by atoms with Crippen molar-refractivity contribution in [2.24, 2.45) is 0 Å². The second-order valence-corrected chi connectivity index (χ2v) is 27.5. The first kappa shape index (κ1) is 85.2. The molecule has 1 amide bonds. The predicted molar refractivity (Wildman–Crippen MR) is 383 cm³/mol. The maximum atomic E-state index is 13.2. The summed E-state index contributed by atoms with van der Waals surface area (Å²) in [5, 5.41) is 54.9. The van der Waals surface area contributed by atoms with E-state index in [4.69, 9.17) is 9.47 Å². The number of rotatable bonds is 70. The summed E-state index contributed by atoms with van der Waals surface area (Å²) in [6.45, 7) is 3.81. The third-order valence-electron chi connectivity index (χ3n) is 18.9. The normalized spacial score (nSPS) is 18.0. The molecule has 0 aromatic carbocycles. The van der Waals surface area contributed by atoms with E-state index >= 15 is 0 Å². The highest BCUT2D eigenvalue weighted by Gasteiger charge is 2.44. The molecule has 6 N–H and O–H groups in total. The van der Waals surface area contributed by atoms with Crippen LogP contribution < -0.4 is 5.32 Å². The van der Waals surface area contributed by atoms with Gasteiger partial charge in [0, 0.05) is 6.42 Å². The van der Waals surface area contributed by atoms with Gasteiger partial charge in [0.2, 0.25) is 5.91 Å². The van der Waals surface area contributed by atoms with Crippen LogP contribution in [0.4, 0.5) is 0 Å². The zero-order valence-electron chi connectivity index (χ0n) is 59.0. The number of carbonyl (C=O) groups is 1. The Hall–Kier alpha value is -1.85. The maximum absolute atomic E-state index is 13.2. The van der Waals surface area contributed by atoms with Gasteiger partial charge in [-0.3, -0.25) is 4.79 Å². The highest BCUT2D eigenvalue weighted by molar-refractivity contribution is 5.76. The number of aliphatic hydroxyl groups excluding tert-OH is 5. The lowest BCUT2D eigenvalue weighted by Crippen LogP contribution is -2.60. The van der Waals surface area contributed by atoms with Gasteiger partial charge >= 0.3 is 0 Å². The molecule has 1 rings (SSSR count). The van der Waals surface area contributed by atoms with E-state index < -0.39 is 49.5 Å². The van der Waals surface area contributed by atoms with E-state index in [1.807, 2.05) is 6.08 Å². The Bertz CT molecular complexity index is 1550. The van der Waals surface area contributed by atoms with Crippen molar-refractivity contribution in [1.82, 2.24) is 5.32 Å². The summed E-state index contributed by atoms with van der Waals surface area (Å²) in [6.07, 6.45) is 88.3. The van der Waals surface area contributed by atoms with E-state index in [0.29, 0.717) is 6.42 Å². The molecule has 1 saturated heterocycles. The lowest BCUT2D eigenvalue weighted by molar-refractivity contribution is -0.302. The highest BCUT2D eigenvalue weighted by Crippen LogP contribution is 2.24. The lowest BCUT2D eigenvalue weighted by atomic mass is 9.99. The van der Waals surface area contributed by atoms with Crippen LogP contribution in [0.2, 0.25) is 0 Å². The monoisotopic (exact) mass is 1250 g/mol. The van der Waals surface area contributed by atoms with E-state index in [9.17, 15) is 30.3 Å². The molecule has 0 aliphatic carbocycles. The second-order valence-electron chi connectivity index (χ2n) is 27.5. The van der Waals surface area contributed by atoms with E-state index in [-0.39, 0.29) is 12.5 Å². The molecule has 89 heavy (non-hydrogen) atoms. The van der Waals surface area contributed by atoms with Gasteiger partial charge in [0.25, 0.3) is 0 Å². The molecular formula is C80H151NO8. The Morgan fingerprint density at radius 1 is 0.382 bits per heavy atom. The van der Waals surface area contributed by atoms with Gasteiger partial charge in [-0.25, -0.2) is 0 Å². The highest BCUT2D eigenvalue weighted by atomic mass is 16.7. The summed E-state index contributed by atoms with van der Waals surface area (Å²) in [4.78, 5) is 13.2. The van der Waals surface area contributed by atoms with E-state index in [1.54, 1.807) is 6.08 Å². The van der Waals surface area contributed by atoms with Crippen LogP contribution >= 0.6 is 0 Å². The van der Waals surface area contributed by atoms with E-state index in [2.05, 4.69) is 55.6 Å². The number of amides is 1. The van der Waals surface area contributed by atoms with Crippen molar-refractivity contribution >= 4 is 5.91 Å². The maximum Gasteiger partial charge on any atom is 0.220 e. The summed E-state index contributed by atoms with van der Waals surface area (Å²) in [6, 6.07) is -0.823. The SMILES string of the molecule is CCCCCCC/C=C\C/C=C\CCCCCCCCCCCCCCCCCCCCCCCCCCCC(=O)NC(COC1OC(CO)C(O)C(O)C1O)C(O)/C=C/CC/C=C/CCCCCCCCCCCCCCCCCCCCCCCCC. The number of carbonyl (C=O) groups excluding carboxylic acids is 1. The quantitative estimate of drug-likeness (QED) is 0.0261. The first-order valence-electron chi connectivity index (χ1n) is 39.4. The molecule has 1 aliphatic rings. The number of aliphatic hydroxyl groups is 5. The van der Waals surface area contributed by atoms with Gasteiger partial charge in [-0.1, -0.05) is 377 Å². The van der Waals surface area contributed by atoms with Gasteiger partial charge in [0.1, 0.15) is 24.4 Å². The number of hydrogen-bond donors (Lipinski definition) is 6. The van der Waals surface area contributed by atoms with Gasteiger partial charge in [-0.05, 0) is 64.2 Å². The summed E-state index contributed by atoms with van der Waals surface area (Å²) in [5.41, 5.74) is 0. The van der Waals surface area contributed by atoms with Crippen molar-refractivity contribution < 1.29 is 39.8 Å². The smallest absolute Gasteiger partial charge is 0.220 e. The Morgan fingerprint density at radius 3 is 1.01 bits per heavy atom. The van der Waals surface area contributed by atoms with Crippen LogP contribution in [-0.4, -0.2) is 87.5 Å². The molecule has 0 radical (unpaired) electrons. The largest absolute Gasteiger partial charge is 0.394 e. The number of nitrogens with one attached hydrogen (secondary N) is 1. The molecule has 7 unspecified atom stereocenters. The Morgan fingerprint density at radius 2 is 0.674 bits per heavy atom. The Kier molecular flexibility index (Phi) is 66.0. The first-order valence-corrected chi connectivity index (χ1v) is 39.4. The molecule has 9 nitrogen and oxygen atoms in total. The van der Waals surface area contributed by atoms with Gasteiger partial charge in [0.05, 0.1) is 25.4 Å². The standard InChI is InChI=1S/C80H151NO8/c1-3-5-7-9-11-13-15-17-19-21-23-25-27-29-31-33-34-35-36-37-38-39-40-42-44-46-48-50-52-54-56-58-60-62-64-66-68-70-76(84)81-73(72-88-80-79(87)78(86)77(85)75(71-82)89-80)74(83)69-67-65-63-61-59-57-55-53-51-49-47-45-43-41-32-30-28-26-24-22-20-18-16-14-12-10-8-6-4-2/h15,17,21,23,59,61,67,69,73-75,77-80,82-83,85-87H,3-14,16,18-20,22,24-58,60,62-66,68,70-72H2,1-2H3,(H,81,84)/b17-15-,23-21-,61-59+,69-67+. The number of allylic oxidation sites excluding steroid dienone is 7. The number of ether oxygens (including phenoxy) is 2. The lowest BCUT2D eigenvalue weighted by Gasteiger charge is -2.40. The van der Waals surface area contributed by atoms with Crippen molar-refractivity contribution in [1.29, 1.82) is 0 Å². The van der Waals surface area contributed by atoms with Crippen molar-refractivity contribution in [2.75, 3.05) is 13.2 Å². The van der Waals surface area contributed by atoms with Gasteiger partial charge < -0.3 is 40.3 Å². The van der Waals surface area contributed by atoms with Crippen LogP contribution in [0.5, 0.6) is 0 Å². The zero-order chi connectivity index (χ0) is 64.2. The minimum Gasteiger partial charge on any atom is -0.394 e. The number of unbranched alkanes of at least 4 members (excludes halogenated alkanes) is 54. The third-order valence-corrected chi connectivity index (χ3v) is 18.9. The molecule has 7 atom stereocenters. The van der Waals surface area contributed by atoms with Gasteiger partial charge in [-0.15, -0.1) is 0 Å². The van der Waals surface area contributed by atoms with Crippen LogP contribution in [0.25, 0.3) is 0 Å². The topological polar surface area (TPSA) is 149 Å². The fourth-order valence-electron chi connectivity index (χ4n) is 12.7. The second kappa shape index (κ2) is 69.0. The molecule has 1 aliphatic heterocycles. The average molecular weight is 1260 g/mol. The molecule has 0 bridgehead atoms. The van der Waals surface area contributed by atoms with E-state index in [1.165, 1.54) is 334 Å². The number of hydrogen-bond acceptors (Lipinski definition) is 8.